The number of carboxylic acid groups (broad SMARTS) is 1. The third kappa shape index (κ3) is 9.48. The van der Waals surface area contributed by atoms with Crippen molar-refractivity contribution in [1.82, 2.24) is 19.8 Å². The van der Waals surface area contributed by atoms with Crippen LogP contribution in [-0.2, 0) is 12.7 Å². The van der Waals surface area contributed by atoms with Crippen LogP contribution >= 0.6 is 11.3 Å². The van der Waals surface area contributed by atoms with Crippen molar-refractivity contribution in [2.24, 2.45) is 0 Å². The number of aryl methyl sites for hydroxylation is 1. The summed E-state index contributed by atoms with van der Waals surface area (Å²) in [6, 6.07) is 14.2. The van der Waals surface area contributed by atoms with Gasteiger partial charge in [-0.05, 0) is 61.0 Å². The van der Waals surface area contributed by atoms with Gasteiger partial charge < -0.3 is 26.4 Å². The van der Waals surface area contributed by atoms with E-state index < -0.39 is 23.6 Å². The van der Waals surface area contributed by atoms with Gasteiger partial charge in [0.2, 0.25) is 0 Å². The summed E-state index contributed by atoms with van der Waals surface area (Å²) in [5, 5.41) is 14.7. The largest absolute Gasteiger partial charge is 0.477 e. The second-order valence-corrected chi connectivity index (χ2v) is 11.3. The first-order chi connectivity index (χ1) is 21.4. The number of anilines is 4. The standard InChI is InChI=1S/C22H27F3N4O.C9H7N3O2S/c1-3-28-8-10-29(11-9-28)14-17-6-7-18(13-19(17)22(23,24)25)27-21(30)16-5-4-15(2)20(26)12-16;13-8(14)6-5-11-9(15-6)12-7-3-1-2-4-10-7/h4-7,12-13H,3,8-11,14,26H2,1-2H3,(H,27,30);1-5H,(H,13,14)(H,10,11,12). The van der Waals surface area contributed by atoms with Crippen LogP contribution in [0.5, 0.6) is 0 Å². The monoisotopic (exact) mass is 641 g/mol. The molecule has 45 heavy (non-hydrogen) atoms. The zero-order valence-corrected chi connectivity index (χ0v) is 25.6. The summed E-state index contributed by atoms with van der Waals surface area (Å²) in [6.07, 6.45) is -1.54. The number of aromatic carboxylic acids is 1. The normalized spacial score (nSPS) is 13.9. The van der Waals surface area contributed by atoms with Gasteiger partial charge in [0.1, 0.15) is 10.7 Å². The summed E-state index contributed by atoms with van der Waals surface area (Å²) in [7, 11) is 0. The summed E-state index contributed by atoms with van der Waals surface area (Å²) in [6.45, 7) is 8.24. The maximum Gasteiger partial charge on any atom is 0.416 e. The van der Waals surface area contributed by atoms with E-state index >= 15 is 0 Å². The number of halogens is 3. The molecule has 238 valence electrons. The number of rotatable bonds is 8. The smallest absolute Gasteiger partial charge is 0.416 e. The molecule has 0 bridgehead atoms. The van der Waals surface area contributed by atoms with E-state index in [9.17, 15) is 22.8 Å². The van der Waals surface area contributed by atoms with Gasteiger partial charge in [-0.25, -0.2) is 14.8 Å². The highest BCUT2D eigenvalue weighted by Gasteiger charge is 2.34. The van der Waals surface area contributed by atoms with Gasteiger partial charge in [-0.1, -0.05) is 36.5 Å². The number of aromatic nitrogens is 2. The van der Waals surface area contributed by atoms with Crippen LogP contribution in [0.2, 0.25) is 0 Å². The Morgan fingerprint density at radius 1 is 1.02 bits per heavy atom. The Morgan fingerprint density at radius 2 is 1.76 bits per heavy atom. The third-order valence-corrected chi connectivity index (χ3v) is 8.04. The van der Waals surface area contributed by atoms with Crippen molar-refractivity contribution in [1.29, 1.82) is 0 Å². The molecule has 0 aliphatic carbocycles. The molecule has 0 saturated carbocycles. The molecule has 1 fully saturated rings. The van der Waals surface area contributed by atoms with Crippen LogP contribution in [0.15, 0.2) is 67.0 Å². The number of hydrogen-bond acceptors (Lipinski definition) is 9. The van der Waals surface area contributed by atoms with Crippen LogP contribution in [0, 0.1) is 6.92 Å². The topological polar surface area (TPSA) is 137 Å². The number of carboxylic acids is 1. The van der Waals surface area contributed by atoms with Crippen LogP contribution in [-0.4, -0.2) is 69.5 Å². The van der Waals surface area contributed by atoms with Crippen LogP contribution in [0.3, 0.4) is 0 Å². The van der Waals surface area contributed by atoms with Crippen molar-refractivity contribution in [3.05, 3.63) is 94.1 Å². The molecule has 0 unspecified atom stereocenters. The highest BCUT2D eigenvalue weighted by molar-refractivity contribution is 7.17. The Balaban J connectivity index is 0.000000256. The summed E-state index contributed by atoms with van der Waals surface area (Å²) >= 11 is 1.07. The molecule has 1 aliphatic rings. The van der Waals surface area contributed by atoms with Gasteiger partial charge in [-0.2, -0.15) is 13.2 Å². The number of benzene rings is 2. The van der Waals surface area contributed by atoms with Crippen molar-refractivity contribution in [2.75, 3.05) is 49.1 Å². The lowest BCUT2D eigenvalue weighted by Gasteiger charge is -2.34. The number of nitrogens with two attached hydrogens (primary N) is 1. The molecule has 1 saturated heterocycles. The van der Waals surface area contributed by atoms with E-state index in [1.807, 2.05) is 17.9 Å². The maximum atomic E-state index is 13.7. The van der Waals surface area contributed by atoms with Crippen molar-refractivity contribution >= 4 is 45.5 Å². The molecular formula is C31H34F3N7O3S. The Morgan fingerprint density at radius 3 is 2.36 bits per heavy atom. The molecule has 5 N–H and O–H groups in total. The molecule has 3 heterocycles. The van der Waals surface area contributed by atoms with Gasteiger partial charge in [-0.15, -0.1) is 0 Å². The molecule has 0 atom stereocenters. The van der Waals surface area contributed by atoms with Gasteiger partial charge in [0.05, 0.1) is 11.8 Å². The Hall–Kier alpha value is -4.53. The van der Waals surface area contributed by atoms with Gasteiger partial charge in [0, 0.05) is 55.9 Å². The van der Waals surface area contributed by atoms with Crippen molar-refractivity contribution in [3.8, 4) is 0 Å². The number of carbonyl (C=O) groups excluding carboxylic acids is 1. The summed E-state index contributed by atoms with van der Waals surface area (Å²) in [5.74, 6) is -0.830. The minimum absolute atomic E-state index is 0.103. The number of nitrogens with zero attached hydrogens (tertiary/aromatic N) is 4. The second kappa shape index (κ2) is 15.0. The van der Waals surface area contributed by atoms with E-state index in [4.69, 9.17) is 10.8 Å². The lowest BCUT2D eigenvalue weighted by atomic mass is 10.0. The first-order valence-corrected chi connectivity index (χ1v) is 14.9. The van der Waals surface area contributed by atoms with Crippen molar-refractivity contribution in [3.63, 3.8) is 0 Å². The number of carbonyl (C=O) groups is 2. The fourth-order valence-electron chi connectivity index (χ4n) is 4.52. The number of pyridine rings is 1. The molecule has 5 rings (SSSR count). The zero-order chi connectivity index (χ0) is 32.6. The average Bonchev–Trinajstić information content (AvgIpc) is 3.49. The number of piperazine rings is 1. The fourth-order valence-corrected chi connectivity index (χ4v) is 5.18. The summed E-state index contributed by atoms with van der Waals surface area (Å²) in [5.41, 5.74) is 7.00. The number of alkyl halides is 3. The minimum atomic E-state index is -4.50. The minimum Gasteiger partial charge on any atom is -0.477 e. The van der Waals surface area contributed by atoms with E-state index in [-0.39, 0.29) is 22.7 Å². The lowest BCUT2D eigenvalue weighted by molar-refractivity contribution is -0.138. The molecule has 0 radical (unpaired) electrons. The molecule has 0 spiro atoms. The molecule has 2 aromatic carbocycles. The molecule has 14 heteroatoms. The Labute approximate surface area is 262 Å². The fraction of sp³-hybridized carbons (Fsp3) is 0.290. The predicted octanol–water partition coefficient (Wildman–Crippen LogP) is 5.97. The first kappa shape index (κ1) is 33.4. The van der Waals surface area contributed by atoms with Gasteiger partial charge >= 0.3 is 12.1 Å². The number of thiazole rings is 1. The third-order valence-electron chi connectivity index (χ3n) is 7.14. The van der Waals surface area contributed by atoms with E-state index in [0.29, 0.717) is 22.2 Å². The molecule has 2 aromatic heterocycles. The Bertz CT molecular complexity index is 1610. The van der Waals surface area contributed by atoms with E-state index in [2.05, 4.69) is 32.4 Å². The zero-order valence-electron chi connectivity index (χ0n) is 24.8. The van der Waals surface area contributed by atoms with E-state index in [1.165, 1.54) is 24.4 Å². The lowest BCUT2D eigenvalue weighted by Crippen LogP contribution is -2.45. The summed E-state index contributed by atoms with van der Waals surface area (Å²) < 4.78 is 41.1. The van der Waals surface area contributed by atoms with E-state index in [0.717, 1.165) is 55.7 Å². The van der Waals surface area contributed by atoms with Crippen molar-refractivity contribution < 1.29 is 27.9 Å². The van der Waals surface area contributed by atoms with E-state index in [1.54, 1.807) is 30.5 Å². The predicted molar refractivity (Wildman–Crippen MR) is 169 cm³/mol. The second-order valence-electron chi connectivity index (χ2n) is 10.3. The van der Waals surface area contributed by atoms with Crippen molar-refractivity contribution in [2.45, 2.75) is 26.6 Å². The highest BCUT2D eigenvalue weighted by Crippen LogP contribution is 2.35. The van der Waals surface area contributed by atoms with Crippen LogP contribution in [0.1, 0.15) is 43.6 Å². The first-order valence-electron chi connectivity index (χ1n) is 14.1. The van der Waals surface area contributed by atoms with Crippen LogP contribution < -0.4 is 16.4 Å². The van der Waals surface area contributed by atoms with Gasteiger partial charge in [0.25, 0.3) is 5.91 Å². The van der Waals surface area contributed by atoms with Gasteiger partial charge in [0.15, 0.2) is 5.13 Å². The molecule has 10 nitrogen and oxygen atoms in total. The summed E-state index contributed by atoms with van der Waals surface area (Å²) in [4.78, 5) is 35.5. The number of likely N-dealkylation sites (N-methyl/N-ethyl adjacent to an activating group) is 1. The van der Waals surface area contributed by atoms with Crippen LogP contribution in [0.25, 0.3) is 0 Å². The number of amides is 1. The molecule has 4 aromatic rings. The average molecular weight is 642 g/mol. The number of hydrogen-bond donors (Lipinski definition) is 4. The molecule has 1 aliphatic heterocycles. The van der Waals surface area contributed by atoms with Gasteiger partial charge in [-0.3, -0.25) is 9.69 Å². The quantitative estimate of drug-likeness (QED) is 0.172. The Kier molecular flexibility index (Phi) is 11.1. The SMILES string of the molecule is CCN1CCN(Cc2ccc(NC(=O)c3ccc(C)c(N)c3)cc2C(F)(F)F)CC1.O=C(O)c1cnc(Nc2ccccn2)s1. The maximum absolute atomic E-state index is 13.7. The number of nitrogen functional groups attached to an aromatic ring is 1. The molecular weight excluding hydrogens is 607 g/mol. The molecule has 1 amide bonds. The van der Waals surface area contributed by atoms with Crippen LogP contribution in [0.4, 0.5) is 35.5 Å². The number of nitrogens with one attached hydrogen (secondary N) is 2. The highest BCUT2D eigenvalue weighted by atomic mass is 32.1.